The van der Waals surface area contributed by atoms with Crippen molar-refractivity contribution in [3.05, 3.63) is 40.5 Å². The molecule has 2 rings (SSSR count). The number of benzene rings is 1. The number of rotatable bonds is 4. The van der Waals surface area contributed by atoms with Gasteiger partial charge >= 0.3 is 5.97 Å². The fourth-order valence-electron chi connectivity index (χ4n) is 2.04. The predicted molar refractivity (Wildman–Crippen MR) is 86.1 cm³/mol. The van der Waals surface area contributed by atoms with E-state index in [1.54, 1.807) is 32.3 Å². The molecule has 0 unspecified atom stereocenters. The number of hydrogen-bond acceptors (Lipinski definition) is 4. The quantitative estimate of drug-likeness (QED) is 0.781. The van der Waals surface area contributed by atoms with Gasteiger partial charge in [0.05, 0.1) is 12.3 Å². The van der Waals surface area contributed by atoms with E-state index in [1.165, 1.54) is 16.5 Å². The lowest BCUT2D eigenvalue weighted by Gasteiger charge is -2.19. The molecule has 1 amide bonds. The average molecular weight is 366 g/mol. The van der Waals surface area contributed by atoms with Gasteiger partial charge in [-0.2, -0.15) is 5.10 Å². The summed E-state index contributed by atoms with van der Waals surface area (Å²) in [7, 11) is 1.69. The van der Waals surface area contributed by atoms with Crippen LogP contribution in [0.2, 0.25) is 0 Å². The molecule has 22 heavy (non-hydrogen) atoms. The van der Waals surface area contributed by atoms with Crippen LogP contribution in [0.4, 0.5) is 11.5 Å². The van der Waals surface area contributed by atoms with Crippen molar-refractivity contribution < 1.29 is 14.3 Å². The number of carbonyl (C=O) groups excluding carboxylic acids is 2. The third-order valence-electron chi connectivity index (χ3n) is 2.92. The molecular weight excluding hydrogens is 350 g/mol. The summed E-state index contributed by atoms with van der Waals surface area (Å²) < 4.78 is 7.41. The first-order valence-electron chi connectivity index (χ1n) is 6.71. The van der Waals surface area contributed by atoms with Crippen LogP contribution in [-0.4, -0.2) is 28.3 Å². The molecule has 0 saturated heterocycles. The summed E-state index contributed by atoms with van der Waals surface area (Å²) in [6.07, 6.45) is 1.54. The minimum atomic E-state index is -0.506. The zero-order chi connectivity index (χ0) is 16.3. The summed E-state index contributed by atoms with van der Waals surface area (Å²) >= 11 is 3.35. The zero-order valence-electron chi connectivity index (χ0n) is 12.5. The second kappa shape index (κ2) is 6.74. The topological polar surface area (TPSA) is 64.4 Å². The molecule has 0 aliphatic heterocycles. The van der Waals surface area contributed by atoms with Gasteiger partial charge in [0.1, 0.15) is 5.56 Å². The van der Waals surface area contributed by atoms with Crippen LogP contribution >= 0.6 is 15.9 Å². The van der Waals surface area contributed by atoms with E-state index in [0.29, 0.717) is 5.69 Å². The van der Waals surface area contributed by atoms with E-state index in [1.807, 2.05) is 12.1 Å². The molecule has 0 spiro atoms. The molecule has 1 heterocycles. The Morgan fingerprint density at radius 2 is 1.95 bits per heavy atom. The van der Waals surface area contributed by atoms with Crippen LogP contribution in [0.15, 0.2) is 34.9 Å². The summed E-state index contributed by atoms with van der Waals surface area (Å²) in [5.41, 5.74) is 0.877. The third-order valence-corrected chi connectivity index (χ3v) is 3.44. The summed E-state index contributed by atoms with van der Waals surface area (Å²) in [6.45, 7) is 3.41. The highest BCUT2D eigenvalue weighted by atomic mass is 79.9. The molecule has 1 aromatic heterocycles. The van der Waals surface area contributed by atoms with Crippen LogP contribution in [0, 0.1) is 0 Å². The summed E-state index contributed by atoms with van der Waals surface area (Å²) in [5.74, 6) is -0.490. The first-order valence-corrected chi connectivity index (χ1v) is 7.50. The average Bonchev–Trinajstić information content (AvgIpc) is 2.83. The van der Waals surface area contributed by atoms with E-state index in [9.17, 15) is 9.59 Å². The lowest BCUT2D eigenvalue weighted by Crippen LogP contribution is -2.25. The number of aryl methyl sites for hydroxylation is 1. The molecule has 0 atom stereocenters. The van der Waals surface area contributed by atoms with Gasteiger partial charge in [0, 0.05) is 24.6 Å². The Morgan fingerprint density at radius 3 is 2.50 bits per heavy atom. The van der Waals surface area contributed by atoms with E-state index in [-0.39, 0.29) is 23.9 Å². The monoisotopic (exact) mass is 365 g/mol. The van der Waals surface area contributed by atoms with Gasteiger partial charge in [-0.15, -0.1) is 0 Å². The number of hydrogen-bond donors (Lipinski definition) is 0. The standard InChI is InChI=1S/C15H16BrN3O3/c1-4-22-15(21)13-9-18(3)17-14(13)19(10(2)20)12-7-5-11(16)6-8-12/h5-9H,4H2,1-3H3. The largest absolute Gasteiger partial charge is 0.462 e. The molecule has 0 N–H and O–H groups in total. The van der Waals surface area contributed by atoms with Crippen LogP contribution in [0.5, 0.6) is 0 Å². The Morgan fingerprint density at radius 1 is 1.32 bits per heavy atom. The lowest BCUT2D eigenvalue weighted by atomic mass is 10.2. The van der Waals surface area contributed by atoms with Crippen molar-refractivity contribution in [2.75, 3.05) is 11.5 Å². The first-order chi connectivity index (χ1) is 10.4. The Hall–Kier alpha value is -2.15. The minimum Gasteiger partial charge on any atom is -0.462 e. The second-order valence-corrected chi connectivity index (χ2v) is 5.51. The maximum atomic E-state index is 12.1. The lowest BCUT2D eigenvalue weighted by molar-refractivity contribution is -0.115. The van der Waals surface area contributed by atoms with Crippen molar-refractivity contribution >= 4 is 39.3 Å². The van der Waals surface area contributed by atoms with Gasteiger partial charge in [-0.1, -0.05) is 15.9 Å². The van der Waals surface area contributed by atoms with Crippen LogP contribution in [0.3, 0.4) is 0 Å². The number of halogens is 1. The number of amides is 1. The molecule has 0 aliphatic rings. The SMILES string of the molecule is CCOC(=O)c1cn(C)nc1N(C(C)=O)c1ccc(Br)cc1. The Kier molecular flexibility index (Phi) is 4.97. The van der Waals surface area contributed by atoms with Crippen LogP contribution in [0.25, 0.3) is 0 Å². The van der Waals surface area contributed by atoms with Gasteiger partial charge in [-0.05, 0) is 31.2 Å². The maximum absolute atomic E-state index is 12.1. The van der Waals surface area contributed by atoms with Gasteiger partial charge in [-0.25, -0.2) is 4.79 Å². The second-order valence-electron chi connectivity index (χ2n) is 4.59. The molecular formula is C15H16BrN3O3. The Balaban J connectivity index is 2.52. The van der Waals surface area contributed by atoms with E-state index < -0.39 is 5.97 Å². The van der Waals surface area contributed by atoms with Gasteiger partial charge in [0.2, 0.25) is 5.91 Å². The van der Waals surface area contributed by atoms with E-state index in [4.69, 9.17) is 4.74 Å². The predicted octanol–water partition coefficient (Wildman–Crippen LogP) is 3.04. The maximum Gasteiger partial charge on any atom is 0.343 e. The molecule has 7 heteroatoms. The number of esters is 1. The molecule has 2 aromatic rings. The molecule has 0 aliphatic carbocycles. The summed E-state index contributed by atoms with van der Waals surface area (Å²) in [6, 6.07) is 7.18. The van der Waals surface area contributed by atoms with E-state index in [2.05, 4.69) is 21.0 Å². The van der Waals surface area contributed by atoms with Crippen molar-refractivity contribution in [2.24, 2.45) is 7.05 Å². The van der Waals surface area contributed by atoms with Crippen LogP contribution < -0.4 is 4.90 Å². The molecule has 1 aromatic carbocycles. The summed E-state index contributed by atoms with van der Waals surface area (Å²) in [4.78, 5) is 25.5. The number of anilines is 2. The van der Waals surface area contributed by atoms with Gasteiger partial charge in [-0.3, -0.25) is 14.4 Å². The number of nitrogens with zero attached hydrogens (tertiary/aromatic N) is 3. The Labute approximate surface area is 136 Å². The van der Waals surface area contributed by atoms with Crippen LogP contribution in [-0.2, 0) is 16.6 Å². The highest BCUT2D eigenvalue weighted by Gasteiger charge is 2.25. The highest BCUT2D eigenvalue weighted by molar-refractivity contribution is 9.10. The number of ether oxygens (including phenoxy) is 1. The van der Waals surface area contributed by atoms with Crippen molar-refractivity contribution in [1.29, 1.82) is 0 Å². The van der Waals surface area contributed by atoms with Crippen LogP contribution in [0.1, 0.15) is 24.2 Å². The van der Waals surface area contributed by atoms with Gasteiger partial charge < -0.3 is 4.74 Å². The van der Waals surface area contributed by atoms with Crippen molar-refractivity contribution in [2.45, 2.75) is 13.8 Å². The fraction of sp³-hybridized carbons (Fsp3) is 0.267. The Bertz CT molecular complexity index is 695. The smallest absolute Gasteiger partial charge is 0.343 e. The van der Waals surface area contributed by atoms with Crippen molar-refractivity contribution in [3.63, 3.8) is 0 Å². The summed E-state index contributed by atoms with van der Waals surface area (Å²) in [5, 5.41) is 4.24. The number of carbonyl (C=O) groups is 2. The normalized spacial score (nSPS) is 10.4. The molecule has 0 fully saturated rings. The first kappa shape index (κ1) is 16.2. The van der Waals surface area contributed by atoms with Crippen molar-refractivity contribution in [1.82, 2.24) is 9.78 Å². The molecule has 0 bridgehead atoms. The molecule has 0 saturated carbocycles. The third kappa shape index (κ3) is 3.36. The highest BCUT2D eigenvalue weighted by Crippen LogP contribution is 2.29. The van der Waals surface area contributed by atoms with E-state index >= 15 is 0 Å². The molecule has 6 nitrogen and oxygen atoms in total. The fourth-order valence-corrected chi connectivity index (χ4v) is 2.30. The molecule has 0 radical (unpaired) electrons. The zero-order valence-corrected chi connectivity index (χ0v) is 14.1. The molecule has 116 valence electrons. The van der Waals surface area contributed by atoms with E-state index in [0.717, 1.165) is 4.47 Å². The minimum absolute atomic E-state index is 0.244. The van der Waals surface area contributed by atoms with Gasteiger partial charge in [0.25, 0.3) is 0 Å². The van der Waals surface area contributed by atoms with Gasteiger partial charge in [0.15, 0.2) is 5.82 Å². The van der Waals surface area contributed by atoms with Crippen molar-refractivity contribution in [3.8, 4) is 0 Å². The number of aromatic nitrogens is 2.